The number of methoxy groups -OCH3 is 1. The molecule has 0 bridgehead atoms. The molecule has 4 N–H and O–H groups in total. The van der Waals surface area contributed by atoms with Gasteiger partial charge in [-0.1, -0.05) is 12.1 Å². The fourth-order valence-electron chi connectivity index (χ4n) is 2.21. The highest BCUT2D eigenvalue weighted by atomic mass is 32.2. The highest BCUT2D eigenvalue weighted by Gasteiger charge is 2.18. The molecule has 134 valence electrons. The van der Waals surface area contributed by atoms with Crippen LogP contribution in [0.5, 0.6) is 5.75 Å². The molecule has 0 spiro atoms. The van der Waals surface area contributed by atoms with Gasteiger partial charge in [-0.2, -0.15) is 0 Å². The predicted molar refractivity (Wildman–Crippen MR) is 100.0 cm³/mol. The number of nitrogen functional groups attached to an aromatic ring is 1. The molecule has 3 rings (SSSR count). The van der Waals surface area contributed by atoms with Gasteiger partial charge < -0.3 is 15.8 Å². The Morgan fingerprint density at radius 1 is 1.00 bits per heavy atom. The molecule has 8 nitrogen and oxygen atoms in total. The summed E-state index contributed by atoms with van der Waals surface area (Å²) in [5.41, 5.74) is 6.69. The molecule has 1 heterocycles. The van der Waals surface area contributed by atoms with E-state index in [1.165, 1.54) is 24.5 Å². The van der Waals surface area contributed by atoms with E-state index in [0.717, 1.165) is 0 Å². The molecule has 0 aliphatic carbocycles. The summed E-state index contributed by atoms with van der Waals surface area (Å²) in [7, 11) is -2.30. The van der Waals surface area contributed by atoms with Gasteiger partial charge in [-0.25, -0.2) is 18.4 Å². The van der Waals surface area contributed by atoms with Gasteiger partial charge in [-0.05, 0) is 30.3 Å². The van der Waals surface area contributed by atoms with Crippen LogP contribution in [-0.2, 0) is 10.0 Å². The largest absolute Gasteiger partial charge is 0.497 e. The van der Waals surface area contributed by atoms with Gasteiger partial charge in [-0.15, -0.1) is 0 Å². The smallest absolute Gasteiger partial charge is 0.263 e. The summed E-state index contributed by atoms with van der Waals surface area (Å²) in [6.45, 7) is 0. The Labute approximate surface area is 151 Å². The number of rotatable bonds is 6. The van der Waals surface area contributed by atoms with Crippen molar-refractivity contribution >= 4 is 33.0 Å². The Kier molecular flexibility index (Phi) is 4.90. The first-order chi connectivity index (χ1) is 12.5. The first-order valence-corrected chi connectivity index (χ1v) is 9.07. The number of sulfonamides is 1. The summed E-state index contributed by atoms with van der Waals surface area (Å²) < 4.78 is 32.8. The summed E-state index contributed by atoms with van der Waals surface area (Å²) in [6, 6.07) is 13.1. The Bertz CT molecular complexity index is 1020. The van der Waals surface area contributed by atoms with Crippen molar-refractivity contribution in [1.29, 1.82) is 0 Å². The number of nitrogens with one attached hydrogen (secondary N) is 2. The normalized spacial score (nSPS) is 11.0. The van der Waals surface area contributed by atoms with Gasteiger partial charge in [0.25, 0.3) is 10.0 Å². The van der Waals surface area contributed by atoms with Crippen LogP contribution in [0.4, 0.5) is 23.0 Å². The van der Waals surface area contributed by atoms with E-state index in [0.29, 0.717) is 17.1 Å². The number of hydrogen-bond donors (Lipinski definition) is 3. The Balaban J connectivity index is 1.89. The molecule has 3 aromatic rings. The van der Waals surface area contributed by atoms with Gasteiger partial charge >= 0.3 is 0 Å². The Morgan fingerprint density at radius 3 is 2.46 bits per heavy atom. The molecule has 0 amide bonds. The minimum Gasteiger partial charge on any atom is -0.497 e. The van der Waals surface area contributed by atoms with E-state index in [2.05, 4.69) is 20.0 Å². The van der Waals surface area contributed by atoms with Crippen molar-refractivity contribution in [1.82, 2.24) is 9.97 Å². The number of ether oxygens (including phenoxy) is 1. The van der Waals surface area contributed by atoms with Crippen LogP contribution >= 0.6 is 0 Å². The fraction of sp³-hybridized carbons (Fsp3) is 0.0588. The van der Waals surface area contributed by atoms with E-state index in [1.807, 2.05) is 0 Å². The summed E-state index contributed by atoms with van der Waals surface area (Å²) in [5.74, 6) is 0.978. The minimum absolute atomic E-state index is 0.0375. The van der Waals surface area contributed by atoms with Crippen molar-refractivity contribution < 1.29 is 13.2 Å². The molecular weight excluding hydrogens is 354 g/mol. The molecule has 0 saturated carbocycles. The van der Waals surface area contributed by atoms with Gasteiger partial charge in [0.1, 0.15) is 5.75 Å². The second-order valence-corrected chi connectivity index (χ2v) is 6.97. The molecule has 0 saturated heterocycles. The maximum atomic E-state index is 12.6. The monoisotopic (exact) mass is 371 g/mol. The lowest BCUT2D eigenvalue weighted by molar-refractivity contribution is 0.415. The molecule has 0 fully saturated rings. The summed E-state index contributed by atoms with van der Waals surface area (Å²) >= 11 is 0. The van der Waals surface area contributed by atoms with Crippen LogP contribution in [0.1, 0.15) is 0 Å². The van der Waals surface area contributed by atoms with E-state index in [9.17, 15) is 8.42 Å². The van der Waals surface area contributed by atoms with Crippen molar-refractivity contribution in [2.45, 2.75) is 4.90 Å². The lowest BCUT2D eigenvalue weighted by atomic mass is 10.3. The van der Waals surface area contributed by atoms with Crippen LogP contribution in [0, 0.1) is 0 Å². The quantitative estimate of drug-likeness (QED) is 0.570. The molecule has 0 atom stereocenters. The topological polar surface area (TPSA) is 119 Å². The number of nitrogens with two attached hydrogens (primary N) is 1. The van der Waals surface area contributed by atoms with E-state index in [4.69, 9.17) is 10.5 Å². The van der Waals surface area contributed by atoms with E-state index in [-0.39, 0.29) is 16.5 Å². The van der Waals surface area contributed by atoms with Crippen LogP contribution in [0.3, 0.4) is 0 Å². The van der Waals surface area contributed by atoms with Crippen LogP contribution in [0.2, 0.25) is 0 Å². The van der Waals surface area contributed by atoms with Gasteiger partial charge in [0.15, 0.2) is 11.6 Å². The lowest BCUT2D eigenvalue weighted by Crippen LogP contribution is -2.15. The molecular formula is C17H17N5O3S. The third-order valence-electron chi connectivity index (χ3n) is 3.43. The molecule has 0 aliphatic heterocycles. The predicted octanol–water partition coefficient (Wildman–Crippen LogP) is 2.61. The van der Waals surface area contributed by atoms with E-state index in [1.54, 1.807) is 43.5 Å². The summed E-state index contributed by atoms with van der Waals surface area (Å²) in [5, 5.41) is 3.03. The third-order valence-corrected chi connectivity index (χ3v) is 4.77. The zero-order valence-corrected chi connectivity index (χ0v) is 14.7. The standard InChI is InChI=1S/C17H17N5O3S/c1-25-14-6-3-5-13(11-14)21-16-17(20-9-8-19-16)22-26(23,24)15-7-2-4-12(18)10-15/h2-11H,18H2,1H3,(H,19,21)(H,20,22). The van der Waals surface area contributed by atoms with Gasteiger partial charge in [0, 0.05) is 29.8 Å². The van der Waals surface area contributed by atoms with Crippen LogP contribution in [0.15, 0.2) is 65.8 Å². The zero-order valence-electron chi connectivity index (χ0n) is 13.9. The van der Waals surface area contributed by atoms with Crippen LogP contribution in [-0.4, -0.2) is 25.5 Å². The molecule has 26 heavy (non-hydrogen) atoms. The Hall–Kier alpha value is -3.33. The van der Waals surface area contributed by atoms with E-state index < -0.39 is 10.0 Å². The van der Waals surface area contributed by atoms with Crippen molar-refractivity contribution in [3.05, 3.63) is 60.9 Å². The second-order valence-electron chi connectivity index (χ2n) is 5.29. The maximum absolute atomic E-state index is 12.6. The number of anilines is 4. The zero-order chi connectivity index (χ0) is 18.6. The minimum atomic E-state index is -3.86. The molecule has 0 radical (unpaired) electrons. The van der Waals surface area contributed by atoms with Crippen LogP contribution in [0.25, 0.3) is 0 Å². The molecule has 0 aliphatic rings. The second kappa shape index (κ2) is 7.28. The van der Waals surface area contributed by atoms with Crippen molar-refractivity contribution in [2.24, 2.45) is 0 Å². The molecule has 0 unspecified atom stereocenters. The van der Waals surface area contributed by atoms with Gasteiger partial charge in [-0.3, -0.25) is 4.72 Å². The van der Waals surface area contributed by atoms with Crippen molar-refractivity contribution in [2.75, 3.05) is 22.9 Å². The lowest BCUT2D eigenvalue weighted by Gasteiger charge is -2.13. The SMILES string of the molecule is COc1cccc(Nc2nccnc2NS(=O)(=O)c2cccc(N)c2)c1. The van der Waals surface area contributed by atoms with Gasteiger partial charge in [0.05, 0.1) is 12.0 Å². The fourth-order valence-corrected chi connectivity index (χ4v) is 3.28. The summed E-state index contributed by atoms with van der Waals surface area (Å²) in [4.78, 5) is 8.27. The number of aromatic nitrogens is 2. The molecule has 9 heteroatoms. The van der Waals surface area contributed by atoms with Crippen LogP contribution < -0.4 is 20.5 Å². The van der Waals surface area contributed by atoms with E-state index >= 15 is 0 Å². The highest BCUT2D eigenvalue weighted by Crippen LogP contribution is 2.25. The summed E-state index contributed by atoms with van der Waals surface area (Å²) in [6.07, 6.45) is 2.86. The molecule has 1 aromatic heterocycles. The number of benzene rings is 2. The number of nitrogens with zero attached hydrogens (tertiary/aromatic N) is 2. The Morgan fingerprint density at radius 2 is 1.73 bits per heavy atom. The average Bonchev–Trinajstić information content (AvgIpc) is 2.63. The van der Waals surface area contributed by atoms with Crippen molar-refractivity contribution in [3.8, 4) is 5.75 Å². The maximum Gasteiger partial charge on any atom is 0.263 e. The van der Waals surface area contributed by atoms with Gasteiger partial charge in [0.2, 0.25) is 0 Å². The molecule has 2 aromatic carbocycles. The highest BCUT2D eigenvalue weighted by molar-refractivity contribution is 7.92. The first kappa shape index (κ1) is 17.5. The first-order valence-electron chi connectivity index (χ1n) is 7.58. The third kappa shape index (κ3) is 4.01. The number of hydrogen-bond acceptors (Lipinski definition) is 7. The average molecular weight is 371 g/mol. The van der Waals surface area contributed by atoms with Crippen molar-refractivity contribution in [3.63, 3.8) is 0 Å².